The van der Waals surface area contributed by atoms with E-state index in [1.165, 1.54) is 6.07 Å². The first-order valence-electron chi connectivity index (χ1n) is 5.17. The van der Waals surface area contributed by atoms with Crippen LogP contribution in [0.1, 0.15) is 0 Å². The molecule has 2 N–H and O–H groups in total. The summed E-state index contributed by atoms with van der Waals surface area (Å²) in [6.45, 7) is -2.88. The zero-order valence-corrected chi connectivity index (χ0v) is 9.99. The second-order valence-electron chi connectivity index (χ2n) is 3.61. The Hall–Kier alpha value is -1.81. The molecular formula is C13H10ClF2NO. The van der Waals surface area contributed by atoms with E-state index >= 15 is 0 Å². The number of ether oxygens (including phenoxy) is 1. The lowest BCUT2D eigenvalue weighted by molar-refractivity contribution is -0.0494. The Morgan fingerprint density at radius 1 is 1.06 bits per heavy atom. The fourth-order valence-corrected chi connectivity index (χ4v) is 1.93. The number of benzene rings is 2. The predicted molar refractivity (Wildman–Crippen MR) is 67.9 cm³/mol. The maximum absolute atomic E-state index is 12.3. The van der Waals surface area contributed by atoms with Crippen LogP contribution >= 0.6 is 11.6 Å². The van der Waals surface area contributed by atoms with Crippen molar-refractivity contribution in [3.63, 3.8) is 0 Å². The van der Waals surface area contributed by atoms with Crippen LogP contribution in [0.5, 0.6) is 5.75 Å². The Kier molecular flexibility index (Phi) is 3.67. The van der Waals surface area contributed by atoms with E-state index in [-0.39, 0.29) is 5.75 Å². The number of nitrogen functional groups attached to an aromatic ring is 1. The number of para-hydroxylation sites is 1. The zero-order valence-electron chi connectivity index (χ0n) is 9.24. The molecule has 2 nitrogen and oxygen atoms in total. The van der Waals surface area contributed by atoms with Crippen LogP contribution in [0, 0.1) is 0 Å². The summed E-state index contributed by atoms with van der Waals surface area (Å²) < 4.78 is 29.1. The molecule has 0 unspecified atom stereocenters. The van der Waals surface area contributed by atoms with Crippen LogP contribution in [0.4, 0.5) is 14.5 Å². The zero-order chi connectivity index (χ0) is 13.1. The molecule has 0 aliphatic carbocycles. The average Bonchev–Trinajstić information content (AvgIpc) is 2.30. The van der Waals surface area contributed by atoms with Crippen LogP contribution in [-0.2, 0) is 0 Å². The van der Waals surface area contributed by atoms with E-state index in [9.17, 15) is 8.78 Å². The predicted octanol–water partition coefficient (Wildman–Crippen LogP) is 4.19. The van der Waals surface area contributed by atoms with Gasteiger partial charge in [0.2, 0.25) is 0 Å². The van der Waals surface area contributed by atoms with Gasteiger partial charge in [-0.1, -0.05) is 35.9 Å². The quantitative estimate of drug-likeness (QED) is 0.848. The first-order valence-corrected chi connectivity index (χ1v) is 5.55. The molecule has 0 fully saturated rings. The van der Waals surface area contributed by atoms with Gasteiger partial charge in [-0.05, 0) is 18.2 Å². The van der Waals surface area contributed by atoms with Crippen molar-refractivity contribution < 1.29 is 13.5 Å². The minimum Gasteiger partial charge on any atom is -0.434 e. The van der Waals surface area contributed by atoms with Crippen molar-refractivity contribution in [3.05, 3.63) is 47.5 Å². The second kappa shape index (κ2) is 5.23. The number of hydrogen-bond donors (Lipinski definition) is 1. The minimum absolute atomic E-state index is 0.0826. The van der Waals surface area contributed by atoms with Gasteiger partial charge in [-0.15, -0.1) is 0 Å². The molecule has 0 saturated heterocycles. The molecule has 0 saturated carbocycles. The summed E-state index contributed by atoms with van der Waals surface area (Å²) in [7, 11) is 0. The minimum atomic E-state index is -2.88. The van der Waals surface area contributed by atoms with Crippen molar-refractivity contribution in [1.82, 2.24) is 0 Å². The fourth-order valence-electron chi connectivity index (χ4n) is 1.64. The molecule has 5 heteroatoms. The van der Waals surface area contributed by atoms with Crippen LogP contribution in [-0.4, -0.2) is 6.61 Å². The Balaban J connectivity index is 2.49. The van der Waals surface area contributed by atoms with Crippen LogP contribution in [0.15, 0.2) is 42.5 Å². The van der Waals surface area contributed by atoms with Gasteiger partial charge in [0.1, 0.15) is 5.75 Å². The Bertz CT molecular complexity index is 560. The molecule has 0 heterocycles. The van der Waals surface area contributed by atoms with Crippen LogP contribution in [0.3, 0.4) is 0 Å². The molecule has 0 bridgehead atoms. The highest BCUT2D eigenvalue weighted by molar-refractivity contribution is 6.33. The highest BCUT2D eigenvalue weighted by Crippen LogP contribution is 2.36. The van der Waals surface area contributed by atoms with Crippen molar-refractivity contribution in [1.29, 1.82) is 0 Å². The largest absolute Gasteiger partial charge is 0.434 e. The van der Waals surface area contributed by atoms with Gasteiger partial charge in [0, 0.05) is 16.8 Å². The number of hydrogen-bond acceptors (Lipinski definition) is 2. The van der Waals surface area contributed by atoms with Crippen LogP contribution < -0.4 is 10.5 Å². The normalized spacial score (nSPS) is 10.7. The molecule has 94 valence electrons. The molecule has 0 amide bonds. The summed E-state index contributed by atoms with van der Waals surface area (Å²) in [5.41, 5.74) is 7.20. The molecule has 18 heavy (non-hydrogen) atoms. The first kappa shape index (κ1) is 12.6. The Morgan fingerprint density at radius 3 is 2.44 bits per heavy atom. The van der Waals surface area contributed by atoms with E-state index in [0.29, 0.717) is 21.8 Å². The van der Waals surface area contributed by atoms with Crippen LogP contribution in [0.25, 0.3) is 11.1 Å². The molecule has 0 aliphatic rings. The summed E-state index contributed by atoms with van der Waals surface area (Å²) >= 11 is 6.05. The molecule has 0 radical (unpaired) electrons. The van der Waals surface area contributed by atoms with Crippen molar-refractivity contribution in [3.8, 4) is 16.9 Å². The molecule has 2 aromatic carbocycles. The Morgan fingerprint density at radius 2 is 1.78 bits per heavy atom. The van der Waals surface area contributed by atoms with Gasteiger partial charge in [-0.25, -0.2) is 0 Å². The van der Waals surface area contributed by atoms with Gasteiger partial charge < -0.3 is 10.5 Å². The van der Waals surface area contributed by atoms with Gasteiger partial charge in [-0.2, -0.15) is 8.78 Å². The maximum atomic E-state index is 12.3. The summed E-state index contributed by atoms with van der Waals surface area (Å²) in [5.74, 6) is 0.0826. The van der Waals surface area contributed by atoms with E-state index in [0.717, 1.165) is 0 Å². The third-order valence-corrected chi connectivity index (χ3v) is 2.70. The molecule has 0 atom stereocenters. The number of alkyl halides is 2. The number of halogens is 3. The first-order chi connectivity index (χ1) is 8.58. The van der Waals surface area contributed by atoms with Gasteiger partial charge in [0.05, 0.1) is 5.02 Å². The fraction of sp³-hybridized carbons (Fsp3) is 0.0769. The van der Waals surface area contributed by atoms with E-state index < -0.39 is 6.61 Å². The van der Waals surface area contributed by atoms with Gasteiger partial charge in [-0.3, -0.25) is 0 Å². The van der Waals surface area contributed by atoms with E-state index in [2.05, 4.69) is 4.74 Å². The molecule has 0 aliphatic heterocycles. The van der Waals surface area contributed by atoms with Crippen molar-refractivity contribution in [2.45, 2.75) is 6.61 Å². The number of anilines is 1. The van der Waals surface area contributed by atoms with Crippen molar-refractivity contribution in [2.75, 3.05) is 5.73 Å². The van der Waals surface area contributed by atoms with Gasteiger partial charge >= 0.3 is 6.61 Å². The monoisotopic (exact) mass is 269 g/mol. The molecular weight excluding hydrogens is 260 g/mol. The lowest BCUT2D eigenvalue weighted by Crippen LogP contribution is -2.03. The van der Waals surface area contributed by atoms with Gasteiger partial charge in [0.15, 0.2) is 0 Å². The Labute approximate surface area is 108 Å². The summed E-state index contributed by atoms with van der Waals surface area (Å²) in [5, 5.41) is 0.389. The van der Waals surface area contributed by atoms with E-state index in [4.69, 9.17) is 17.3 Å². The summed E-state index contributed by atoms with van der Waals surface area (Å²) in [6, 6.07) is 11.4. The number of rotatable bonds is 3. The third kappa shape index (κ3) is 2.71. The summed E-state index contributed by atoms with van der Waals surface area (Å²) in [4.78, 5) is 0. The van der Waals surface area contributed by atoms with Crippen LogP contribution in [0.2, 0.25) is 5.02 Å². The molecule has 2 aromatic rings. The molecule has 0 spiro atoms. The second-order valence-corrected chi connectivity index (χ2v) is 4.02. The topological polar surface area (TPSA) is 35.2 Å². The smallest absolute Gasteiger partial charge is 0.387 e. The highest BCUT2D eigenvalue weighted by Gasteiger charge is 2.12. The maximum Gasteiger partial charge on any atom is 0.387 e. The highest BCUT2D eigenvalue weighted by atomic mass is 35.5. The van der Waals surface area contributed by atoms with E-state index in [1.807, 2.05) is 0 Å². The molecule has 2 rings (SSSR count). The number of nitrogens with two attached hydrogens (primary N) is 1. The van der Waals surface area contributed by atoms with Crippen molar-refractivity contribution >= 4 is 17.3 Å². The van der Waals surface area contributed by atoms with E-state index in [1.54, 1.807) is 36.4 Å². The standard InChI is InChI=1S/C13H10ClF2NO/c14-11-7-8(17)5-6-9(11)10-3-1-2-4-12(10)18-13(15)16/h1-7,13H,17H2. The average molecular weight is 270 g/mol. The lowest BCUT2D eigenvalue weighted by atomic mass is 10.0. The third-order valence-electron chi connectivity index (χ3n) is 2.39. The lowest BCUT2D eigenvalue weighted by Gasteiger charge is -2.12. The van der Waals surface area contributed by atoms with Gasteiger partial charge in [0.25, 0.3) is 0 Å². The SMILES string of the molecule is Nc1ccc(-c2ccccc2OC(F)F)c(Cl)c1. The summed E-state index contributed by atoms with van der Waals surface area (Å²) in [6.07, 6.45) is 0. The molecule has 0 aromatic heterocycles. The van der Waals surface area contributed by atoms with Crippen molar-refractivity contribution in [2.24, 2.45) is 0 Å².